The van der Waals surface area contributed by atoms with Crippen molar-refractivity contribution >= 4 is 11.7 Å². The van der Waals surface area contributed by atoms with Crippen molar-refractivity contribution in [3.05, 3.63) is 0 Å². The highest BCUT2D eigenvalue weighted by Gasteiger charge is 2.42. The van der Waals surface area contributed by atoms with E-state index in [-0.39, 0.29) is 17.2 Å². The quantitative estimate of drug-likeness (QED) is 0.719. The van der Waals surface area contributed by atoms with Crippen molar-refractivity contribution in [1.29, 1.82) is 0 Å². The zero-order chi connectivity index (χ0) is 13.4. The van der Waals surface area contributed by atoms with Gasteiger partial charge in [0, 0.05) is 37.9 Å². The lowest BCUT2D eigenvalue weighted by atomic mass is 9.87. The highest BCUT2D eigenvalue weighted by atomic mass is 16.7. The molecule has 2 aliphatic rings. The van der Waals surface area contributed by atoms with E-state index in [9.17, 15) is 4.79 Å². The van der Waals surface area contributed by atoms with Crippen LogP contribution in [0, 0.1) is 0 Å². The Bertz CT molecular complexity index is 363. The summed E-state index contributed by atoms with van der Waals surface area (Å²) in [4.78, 5) is 19.4. The van der Waals surface area contributed by atoms with Crippen LogP contribution >= 0.6 is 0 Å². The first-order valence-corrected chi connectivity index (χ1v) is 6.58. The number of carbonyl (C=O) groups excluding carboxylic acids is 1. The van der Waals surface area contributed by atoms with Crippen LogP contribution in [-0.4, -0.2) is 40.9 Å². The summed E-state index contributed by atoms with van der Waals surface area (Å²) in [5, 5.41) is 7.03. The number of hydrogen-bond acceptors (Lipinski definition) is 3. The van der Waals surface area contributed by atoms with Crippen LogP contribution in [0.25, 0.3) is 0 Å². The Morgan fingerprint density at radius 2 is 2.00 bits per heavy atom. The van der Waals surface area contributed by atoms with Crippen LogP contribution in [-0.2, 0) is 4.84 Å². The highest BCUT2D eigenvalue weighted by Crippen LogP contribution is 2.34. The normalized spacial score (nSPS) is 22.7. The lowest BCUT2D eigenvalue weighted by Crippen LogP contribution is -2.53. The first-order chi connectivity index (χ1) is 8.30. The van der Waals surface area contributed by atoms with Crippen molar-refractivity contribution in [1.82, 2.24) is 10.2 Å². The minimum absolute atomic E-state index is 0.0213. The largest absolute Gasteiger partial charge is 0.389 e. The predicted molar refractivity (Wildman–Crippen MR) is 70.6 cm³/mol. The van der Waals surface area contributed by atoms with Gasteiger partial charge in [0.05, 0.1) is 5.71 Å². The SMILES string of the molecule is CC1=NOC2(CCN(C(=O)NC(C)(C)C)CC2)C1. The summed E-state index contributed by atoms with van der Waals surface area (Å²) < 4.78 is 0. The molecule has 102 valence electrons. The Kier molecular flexibility index (Phi) is 3.25. The van der Waals surface area contributed by atoms with Crippen molar-refractivity contribution in [3.8, 4) is 0 Å². The van der Waals surface area contributed by atoms with Crippen LogP contribution in [0.2, 0.25) is 0 Å². The van der Waals surface area contributed by atoms with Crippen molar-refractivity contribution in [3.63, 3.8) is 0 Å². The fourth-order valence-electron chi connectivity index (χ4n) is 2.49. The number of piperidine rings is 1. The van der Waals surface area contributed by atoms with Gasteiger partial charge in [0.1, 0.15) is 5.60 Å². The summed E-state index contributed by atoms with van der Waals surface area (Å²) in [5.74, 6) is 0. The maximum absolute atomic E-state index is 12.0. The smallest absolute Gasteiger partial charge is 0.317 e. The standard InChI is InChI=1S/C13H23N3O2/c1-10-9-13(18-15-10)5-7-16(8-6-13)11(17)14-12(2,3)4/h5-9H2,1-4H3,(H,14,17). The third kappa shape index (κ3) is 2.94. The maximum atomic E-state index is 12.0. The van der Waals surface area contributed by atoms with E-state index in [1.807, 2.05) is 32.6 Å². The van der Waals surface area contributed by atoms with Gasteiger partial charge < -0.3 is 15.1 Å². The molecule has 1 saturated heterocycles. The molecule has 2 amide bonds. The van der Waals surface area contributed by atoms with Gasteiger partial charge in [0.25, 0.3) is 0 Å². The minimum Gasteiger partial charge on any atom is -0.389 e. The first-order valence-electron chi connectivity index (χ1n) is 6.58. The molecule has 5 heteroatoms. The summed E-state index contributed by atoms with van der Waals surface area (Å²) in [7, 11) is 0. The Morgan fingerprint density at radius 3 is 2.44 bits per heavy atom. The number of rotatable bonds is 0. The van der Waals surface area contributed by atoms with E-state index in [2.05, 4.69) is 10.5 Å². The minimum atomic E-state index is -0.185. The Hall–Kier alpha value is -1.26. The molecule has 2 aliphatic heterocycles. The highest BCUT2D eigenvalue weighted by molar-refractivity contribution is 5.83. The molecular weight excluding hydrogens is 230 g/mol. The predicted octanol–water partition coefficient (Wildman–Crippen LogP) is 2.13. The third-order valence-corrected chi connectivity index (χ3v) is 3.42. The lowest BCUT2D eigenvalue weighted by molar-refractivity contribution is -0.0552. The van der Waals surface area contributed by atoms with E-state index in [0.717, 1.165) is 38.1 Å². The molecule has 0 atom stereocenters. The van der Waals surface area contributed by atoms with Gasteiger partial charge in [-0.2, -0.15) is 0 Å². The van der Waals surface area contributed by atoms with Gasteiger partial charge in [-0.25, -0.2) is 4.79 Å². The van der Waals surface area contributed by atoms with Crippen molar-refractivity contribution in [2.75, 3.05) is 13.1 Å². The van der Waals surface area contributed by atoms with Crippen molar-refractivity contribution in [2.45, 2.75) is 58.1 Å². The third-order valence-electron chi connectivity index (χ3n) is 3.42. The fraction of sp³-hybridized carbons (Fsp3) is 0.846. The first kappa shape index (κ1) is 13.2. The van der Waals surface area contributed by atoms with Crippen LogP contribution < -0.4 is 5.32 Å². The molecule has 0 aromatic heterocycles. The molecule has 0 unspecified atom stereocenters. The Balaban J connectivity index is 1.86. The molecule has 1 fully saturated rings. The number of nitrogens with one attached hydrogen (secondary N) is 1. The number of carbonyl (C=O) groups is 1. The summed E-state index contributed by atoms with van der Waals surface area (Å²) >= 11 is 0. The summed E-state index contributed by atoms with van der Waals surface area (Å²) in [6.45, 7) is 9.46. The van der Waals surface area contributed by atoms with Crippen LogP contribution in [0.4, 0.5) is 4.79 Å². The van der Waals surface area contributed by atoms with Crippen molar-refractivity contribution in [2.24, 2.45) is 5.16 Å². The van der Waals surface area contributed by atoms with Crippen molar-refractivity contribution < 1.29 is 9.63 Å². The number of amides is 2. The van der Waals surface area contributed by atoms with Gasteiger partial charge in [0.2, 0.25) is 0 Å². The van der Waals surface area contributed by atoms with Gasteiger partial charge in [-0.1, -0.05) is 5.16 Å². The average Bonchev–Trinajstić information content (AvgIpc) is 2.58. The molecule has 5 nitrogen and oxygen atoms in total. The molecule has 0 aliphatic carbocycles. The molecule has 2 rings (SSSR count). The van der Waals surface area contributed by atoms with E-state index in [1.54, 1.807) is 0 Å². The second-order valence-corrected chi connectivity index (χ2v) is 6.44. The van der Waals surface area contributed by atoms with Gasteiger partial charge in [-0.05, 0) is 27.7 Å². The van der Waals surface area contributed by atoms with E-state index in [0.29, 0.717) is 0 Å². The molecule has 0 bridgehead atoms. The second kappa shape index (κ2) is 4.44. The zero-order valence-corrected chi connectivity index (χ0v) is 11.7. The summed E-state index contributed by atoms with van der Waals surface area (Å²) in [6.07, 6.45) is 2.64. The fourth-order valence-corrected chi connectivity index (χ4v) is 2.49. The molecule has 1 N–H and O–H groups in total. The summed E-state index contributed by atoms with van der Waals surface area (Å²) in [5.41, 5.74) is 0.737. The Labute approximate surface area is 109 Å². The number of likely N-dealkylation sites (tertiary alicyclic amines) is 1. The number of hydrogen-bond donors (Lipinski definition) is 1. The van der Waals surface area contributed by atoms with Crippen LogP contribution in [0.3, 0.4) is 0 Å². The molecule has 18 heavy (non-hydrogen) atoms. The van der Waals surface area contributed by atoms with Crippen LogP contribution in [0.1, 0.15) is 47.0 Å². The topological polar surface area (TPSA) is 53.9 Å². The lowest BCUT2D eigenvalue weighted by Gasteiger charge is -2.38. The van der Waals surface area contributed by atoms with Gasteiger partial charge in [-0.3, -0.25) is 0 Å². The number of urea groups is 1. The summed E-state index contributed by atoms with van der Waals surface area (Å²) in [6, 6.07) is 0.0213. The van der Waals surface area contributed by atoms with E-state index in [4.69, 9.17) is 4.84 Å². The van der Waals surface area contributed by atoms with E-state index < -0.39 is 0 Å². The molecule has 1 spiro atoms. The van der Waals surface area contributed by atoms with Gasteiger partial charge in [0.15, 0.2) is 0 Å². The van der Waals surface area contributed by atoms with E-state index in [1.165, 1.54) is 0 Å². The second-order valence-electron chi connectivity index (χ2n) is 6.44. The molecule has 0 saturated carbocycles. The molecule has 0 radical (unpaired) electrons. The van der Waals surface area contributed by atoms with E-state index >= 15 is 0 Å². The number of nitrogens with zero attached hydrogens (tertiary/aromatic N) is 2. The van der Waals surface area contributed by atoms with Crippen LogP contribution in [0.5, 0.6) is 0 Å². The zero-order valence-electron chi connectivity index (χ0n) is 11.7. The van der Waals surface area contributed by atoms with Crippen LogP contribution in [0.15, 0.2) is 5.16 Å². The monoisotopic (exact) mass is 253 g/mol. The number of oxime groups is 1. The van der Waals surface area contributed by atoms with Gasteiger partial charge >= 0.3 is 6.03 Å². The average molecular weight is 253 g/mol. The molecule has 0 aromatic rings. The molecule has 0 aromatic carbocycles. The molecule has 2 heterocycles. The maximum Gasteiger partial charge on any atom is 0.317 e. The molecular formula is C13H23N3O2. The van der Waals surface area contributed by atoms with Gasteiger partial charge in [-0.15, -0.1) is 0 Å². The Morgan fingerprint density at radius 1 is 1.39 bits per heavy atom.